The minimum absolute atomic E-state index is 0.115. The summed E-state index contributed by atoms with van der Waals surface area (Å²) in [5.41, 5.74) is -2.09. The molecule has 12 heteroatoms. The number of nitrogens with one attached hydrogen (secondary N) is 2. The summed E-state index contributed by atoms with van der Waals surface area (Å²) in [5.74, 6) is -1.96. The van der Waals surface area contributed by atoms with Gasteiger partial charge in [-0.15, -0.1) is 0 Å². The second-order valence-corrected chi connectivity index (χ2v) is 5.68. The number of anilines is 2. The van der Waals surface area contributed by atoms with Gasteiger partial charge in [-0.2, -0.15) is 26.3 Å². The number of alkyl halides is 6. The zero-order chi connectivity index (χ0) is 21.8. The van der Waals surface area contributed by atoms with Crippen LogP contribution in [0.5, 0.6) is 5.88 Å². The first-order valence-electron chi connectivity index (χ1n) is 7.81. The van der Waals surface area contributed by atoms with Crippen LogP contribution in [0, 0.1) is 0 Å². The number of carbonyl (C=O) groups is 2. The molecule has 1 aromatic carbocycles. The van der Waals surface area contributed by atoms with Gasteiger partial charge >= 0.3 is 12.4 Å². The first-order chi connectivity index (χ1) is 13.3. The second kappa shape index (κ2) is 8.37. The Hall–Kier alpha value is -3.31. The minimum Gasteiger partial charge on any atom is -0.468 e. The van der Waals surface area contributed by atoms with Gasteiger partial charge in [0.15, 0.2) is 6.61 Å². The van der Waals surface area contributed by atoms with E-state index in [1.54, 1.807) is 0 Å². The third-order valence-corrected chi connectivity index (χ3v) is 3.28. The number of amides is 2. The van der Waals surface area contributed by atoms with E-state index in [4.69, 9.17) is 0 Å². The van der Waals surface area contributed by atoms with Crippen molar-refractivity contribution >= 4 is 23.2 Å². The number of benzene rings is 1. The summed E-state index contributed by atoms with van der Waals surface area (Å²) in [6.45, 7) is -0.459. The highest BCUT2D eigenvalue weighted by Gasteiger charge is 2.34. The summed E-state index contributed by atoms with van der Waals surface area (Å²) >= 11 is 0. The molecule has 0 aliphatic heterocycles. The number of ether oxygens (including phenoxy) is 1. The third kappa shape index (κ3) is 6.66. The topological polar surface area (TPSA) is 80.3 Å². The van der Waals surface area contributed by atoms with Gasteiger partial charge in [0.1, 0.15) is 0 Å². The zero-order valence-corrected chi connectivity index (χ0v) is 14.6. The molecule has 0 bridgehead atoms. The van der Waals surface area contributed by atoms with Gasteiger partial charge in [0.2, 0.25) is 11.8 Å². The van der Waals surface area contributed by atoms with Crippen LogP contribution in [0.2, 0.25) is 0 Å². The summed E-state index contributed by atoms with van der Waals surface area (Å²) in [6, 6.07) is 4.81. The van der Waals surface area contributed by atoms with Gasteiger partial charge in [-0.3, -0.25) is 9.59 Å². The molecule has 6 nitrogen and oxygen atoms in total. The standard InChI is InChI=1S/C17H13F6N3O3/c1-9(27)25-11-3-4-13(12(6-11)17(21,22)23)26-15(28)10-2-5-14(24-7-10)29-8-16(18,19)20/h2-7H,8H2,1H3,(H,25,27)(H,26,28). The van der Waals surface area contributed by atoms with Crippen molar-refractivity contribution in [3.8, 4) is 5.88 Å². The number of halogens is 6. The number of hydrogen-bond donors (Lipinski definition) is 2. The van der Waals surface area contributed by atoms with Crippen molar-refractivity contribution in [2.75, 3.05) is 17.2 Å². The van der Waals surface area contributed by atoms with E-state index >= 15 is 0 Å². The van der Waals surface area contributed by atoms with Gasteiger partial charge in [-0.1, -0.05) is 0 Å². The highest BCUT2D eigenvalue weighted by molar-refractivity contribution is 6.04. The van der Waals surface area contributed by atoms with Gasteiger partial charge in [-0.25, -0.2) is 4.98 Å². The predicted octanol–water partition coefficient (Wildman–Crippen LogP) is 4.25. The van der Waals surface area contributed by atoms with Crippen molar-refractivity contribution in [3.63, 3.8) is 0 Å². The van der Waals surface area contributed by atoms with Crippen LogP contribution < -0.4 is 15.4 Å². The Morgan fingerprint density at radius 3 is 2.24 bits per heavy atom. The highest BCUT2D eigenvalue weighted by Crippen LogP contribution is 2.36. The van der Waals surface area contributed by atoms with Gasteiger partial charge in [-0.05, 0) is 24.3 Å². The van der Waals surface area contributed by atoms with E-state index in [2.05, 4.69) is 20.4 Å². The molecular formula is C17H13F6N3O3. The van der Waals surface area contributed by atoms with Crippen molar-refractivity contribution in [2.45, 2.75) is 19.3 Å². The Morgan fingerprint density at radius 1 is 1.03 bits per heavy atom. The Kier molecular flexibility index (Phi) is 6.34. The van der Waals surface area contributed by atoms with E-state index in [1.165, 1.54) is 6.07 Å². The molecule has 1 aromatic heterocycles. The van der Waals surface area contributed by atoms with Crippen molar-refractivity contribution in [1.29, 1.82) is 0 Å². The maximum atomic E-state index is 13.3. The molecule has 0 aliphatic rings. The fourth-order valence-corrected chi connectivity index (χ4v) is 2.12. The predicted molar refractivity (Wildman–Crippen MR) is 89.5 cm³/mol. The van der Waals surface area contributed by atoms with E-state index in [0.717, 1.165) is 31.3 Å². The highest BCUT2D eigenvalue weighted by atomic mass is 19.4. The Morgan fingerprint density at radius 2 is 1.72 bits per heavy atom. The molecule has 0 radical (unpaired) electrons. The average Bonchev–Trinajstić information content (AvgIpc) is 2.59. The summed E-state index contributed by atoms with van der Waals surface area (Å²) in [6.07, 6.45) is -8.54. The van der Waals surface area contributed by atoms with E-state index in [0.29, 0.717) is 6.07 Å². The molecule has 0 fully saturated rings. The third-order valence-electron chi connectivity index (χ3n) is 3.28. The number of nitrogens with zero attached hydrogens (tertiary/aromatic N) is 1. The largest absolute Gasteiger partial charge is 0.468 e. The lowest BCUT2D eigenvalue weighted by Crippen LogP contribution is -2.20. The van der Waals surface area contributed by atoms with Crippen molar-refractivity contribution in [1.82, 2.24) is 4.98 Å². The summed E-state index contributed by atoms with van der Waals surface area (Å²) < 4.78 is 80.5. The van der Waals surface area contributed by atoms with Crippen LogP contribution in [0.1, 0.15) is 22.8 Å². The molecule has 1 heterocycles. The van der Waals surface area contributed by atoms with Crippen LogP contribution >= 0.6 is 0 Å². The van der Waals surface area contributed by atoms with Gasteiger partial charge in [0.25, 0.3) is 5.91 Å². The van der Waals surface area contributed by atoms with E-state index < -0.39 is 47.9 Å². The fourth-order valence-electron chi connectivity index (χ4n) is 2.12. The Balaban J connectivity index is 2.18. The SMILES string of the molecule is CC(=O)Nc1ccc(NC(=O)c2ccc(OCC(F)(F)F)nc2)c(C(F)(F)F)c1. The average molecular weight is 421 g/mol. The molecule has 0 saturated carbocycles. The Labute approximate surface area is 159 Å². The van der Waals surface area contributed by atoms with Gasteiger partial charge < -0.3 is 15.4 Å². The monoisotopic (exact) mass is 421 g/mol. The van der Waals surface area contributed by atoms with Crippen molar-refractivity contribution in [3.05, 3.63) is 47.7 Å². The molecule has 2 aromatic rings. The fraction of sp³-hybridized carbons (Fsp3) is 0.235. The summed E-state index contributed by atoms with van der Waals surface area (Å²) in [7, 11) is 0. The van der Waals surface area contributed by atoms with E-state index in [1.807, 2.05) is 0 Å². The molecule has 2 N–H and O–H groups in total. The van der Waals surface area contributed by atoms with Gasteiger partial charge in [0, 0.05) is 24.9 Å². The number of hydrogen-bond acceptors (Lipinski definition) is 4. The first kappa shape index (κ1) is 22.0. The molecule has 2 rings (SSSR count). The molecule has 29 heavy (non-hydrogen) atoms. The van der Waals surface area contributed by atoms with Crippen LogP contribution in [0.15, 0.2) is 36.5 Å². The first-order valence-corrected chi connectivity index (χ1v) is 7.81. The lowest BCUT2D eigenvalue weighted by Gasteiger charge is -2.15. The van der Waals surface area contributed by atoms with Crippen LogP contribution in [0.25, 0.3) is 0 Å². The maximum absolute atomic E-state index is 13.3. The molecule has 0 saturated heterocycles. The maximum Gasteiger partial charge on any atom is 0.422 e. The molecule has 0 aliphatic carbocycles. The molecule has 2 amide bonds. The summed E-state index contributed by atoms with van der Waals surface area (Å²) in [4.78, 5) is 26.7. The molecule has 156 valence electrons. The number of pyridine rings is 1. The molecule has 0 spiro atoms. The molecule has 0 atom stereocenters. The lowest BCUT2D eigenvalue weighted by molar-refractivity contribution is -0.154. The van der Waals surface area contributed by atoms with Crippen LogP contribution in [0.3, 0.4) is 0 Å². The number of carbonyl (C=O) groups excluding carboxylic acids is 2. The second-order valence-electron chi connectivity index (χ2n) is 5.68. The smallest absolute Gasteiger partial charge is 0.422 e. The normalized spacial score (nSPS) is 11.7. The van der Waals surface area contributed by atoms with Crippen LogP contribution in [-0.4, -0.2) is 29.6 Å². The van der Waals surface area contributed by atoms with E-state index in [9.17, 15) is 35.9 Å². The number of aromatic nitrogens is 1. The van der Waals surface area contributed by atoms with Gasteiger partial charge in [0.05, 0.1) is 16.8 Å². The zero-order valence-electron chi connectivity index (χ0n) is 14.6. The number of rotatable bonds is 5. The minimum atomic E-state index is -4.83. The quantitative estimate of drug-likeness (QED) is 0.708. The van der Waals surface area contributed by atoms with Crippen LogP contribution in [0.4, 0.5) is 37.7 Å². The summed E-state index contributed by atoms with van der Waals surface area (Å²) in [5, 5.41) is 4.26. The van der Waals surface area contributed by atoms with E-state index in [-0.39, 0.29) is 11.3 Å². The molecule has 0 unspecified atom stereocenters. The van der Waals surface area contributed by atoms with Crippen molar-refractivity contribution in [2.24, 2.45) is 0 Å². The Bertz CT molecular complexity index is 895. The van der Waals surface area contributed by atoms with Crippen molar-refractivity contribution < 1.29 is 40.7 Å². The van der Waals surface area contributed by atoms with Crippen LogP contribution in [-0.2, 0) is 11.0 Å². The lowest BCUT2D eigenvalue weighted by atomic mass is 10.1. The molecular weight excluding hydrogens is 408 g/mol.